The van der Waals surface area contributed by atoms with Crippen molar-refractivity contribution in [2.75, 3.05) is 26.6 Å². The highest BCUT2D eigenvalue weighted by molar-refractivity contribution is 6.36. The van der Waals surface area contributed by atoms with E-state index in [0.717, 1.165) is 18.6 Å². The molecule has 7 heteroatoms. The Morgan fingerprint density at radius 3 is 2.89 bits per heavy atom. The minimum Gasteiger partial charge on any atom is -0.383 e. The smallest absolute Gasteiger partial charge is 0.147 e. The highest BCUT2D eigenvalue weighted by Crippen LogP contribution is 2.28. The van der Waals surface area contributed by atoms with Crippen molar-refractivity contribution in [3.63, 3.8) is 0 Å². The van der Waals surface area contributed by atoms with E-state index in [4.69, 9.17) is 26.8 Å². The van der Waals surface area contributed by atoms with Gasteiger partial charge in [0.1, 0.15) is 17.8 Å². The number of nitrogen functional groups attached to an aromatic ring is 1. The van der Waals surface area contributed by atoms with Crippen LogP contribution in [-0.4, -0.2) is 41.5 Å². The number of anilines is 1. The number of methoxy groups -OCH3 is 2. The number of ether oxygens (including phenoxy) is 2. The summed E-state index contributed by atoms with van der Waals surface area (Å²) in [5, 5.41) is 1.26. The van der Waals surface area contributed by atoms with Gasteiger partial charge in [0.25, 0.3) is 0 Å². The third-order valence-corrected chi connectivity index (χ3v) is 3.30. The summed E-state index contributed by atoms with van der Waals surface area (Å²) in [6, 6.07) is 0. The Morgan fingerprint density at radius 2 is 2.21 bits per heavy atom. The average molecular weight is 285 g/mol. The van der Waals surface area contributed by atoms with Gasteiger partial charge in [-0.25, -0.2) is 9.97 Å². The number of fused-ring (bicyclic) bond motifs is 1. The normalized spacial score (nSPS) is 13.0. The first-order valence-electron chi connectivity index (χ1n) is 5.94. The molecule has 0 bridgehead atoms. The Bertz CT molecular complexity index is 558. The van der Waals surface area contributed by atoms with Crippen LogP contribution < -0.4 is 5.73 Å². The predicted octanol–water partition coefficient (Wildman–Crippen LogP) is 1.72. The van der Waals surface area contributed by atoms with Gasteiger partial charge in [0.05, 0.1) is 23.1 Å². The molecule has 1 atom stereocenters. The first-order chi connectivity index (χ1) is 9.17. The Labute approximate surface area is 116 Å². The number of nitrogens with two attached hydrogens (primary N) is 1. The van der Waals surface area contributed by atoms with Crippen molar-refractivity contribution in [1.82, 2.24) is 14.5 Å². The molecule has 19 heavy (non-hydrogen) atoms. The van der Waals surface area contributed by atoms with Crippen LogP contribution in [0, 0.1) is 0 Å². The molecule has 0 spiro atoms. The van der Waals surface area contributed by atoms with Crippen molar-refractivity contribution >= 4 is 28.5 Å². The SMILES string of the molecule is COCC(CCn1cc(Cl)c2c(N)ncnc21)OC. The molecule has 0 aliphatic rings. The Hall–Kier alpha value is -1.37. The Kier molecular flexibility index (Phi) is 4.57. The minimum atomic E-state index is 0.0420. The summed E-state index contributed by atoms with van der Waals surface area (Å²) in [6.45, 7) is 1.28. The van der Waals surface area contributed by atoms with E-state index in [1.807, 2.05) is 10.8 Å². The van der Waals surface area contributed by atoms with Crippen molar-refractivity contribution in [3.8, 4) is 0 Å². The molecule has 2 aromatic heterocycles. The summed E-state index contributed by atoms with van der Waals surface area (Å²) in [5.74, 6) is 0.397. The topological polar surface area (TPSA) is 75.2 Å². The van der Waals surface area contributed by atoms with E-state index in [9.17, 15) is 0 Å². The molecule has 0 radical (unpaired) electrons. The van der Waals surface area contributed by atoms with Crippen LogP contribution in [0.4, 0.5) is 5.82 Å². The third kappa shape index (κ3) is 2.97. The Balaban J connectivity index is 2.19. The molecule has 104 valence electrons. The van der Waals surface area contributed by atoms with Gasteiger partial charge < -0.3 is 19.8 Å². The molecule has 6 nitrogen and oxygen atoms in total. The van der Waals surface area contributed by atoms with Crippen molar-refractivity contribution in [2.24, 2.45) is 0 Å². The van der Waals surface area contributed by atoms with Crippen LogP contribution in [0.5, 0.6) is 0 Å². The van der Waals surface area contributed by atoms with Crippen molar-refractivity contribution in [2.45, 2.75) is 19.1 Å². The molecule has 0 aliphatic carbocycles. The molecule has 0 aliphatic heterocycles. The first-order valence-corrected chi connectivity index (χ1v) is 6.31. The van der Waals surface area contributed by atoms with Crippen LogP contribution in [0.2, 0.25) is 5.02 Å². The molecule has 0 saturated heterocycles. The number of aromatic nitrogens is 3. The van der Waals surface area contributed by atoms with Gasteiger partial charge in [-0.1, -0.05) is 11.6 Å². The fraction of sp³-hybridized carbons (Fsp3) is 0.500. The van der Waals surface area contributed by atoms with E-state index in [-0.39, 0.29) is 6.10 Å². The van der Waals surface area contributed by atoms with E-state index >= 15 is 0 Å². The zero-order valence-electron chi connectivity index (χ0n) is 11.0. The summed E-state index contributed by atoms with van der Waals surface area (Å²) in [7, 11) is 3.33. The highest BCUT2D eigenvalue weighted by Gasteiger charge is 2.13. The maximum Gasteiger partial charge on any atom is 0.147 e. The van der Waals surface area contributed by atoms with Gasteiger partial charge in [0, 0.05) is 27.0 Å². The van der Waals surface area contributed by atoms with E-state index in [1.165, 1.54) is 6.33 Å². The summed E-state index contributed by atoms with van der Waals surface area (Å²) < 4.78 is 12.4. The lowest BCUT2D eigenvalue weighted by Gasteiger charge is -2.14. The van der Waals surface area contributed by atoms with E-state index in [0.29, 0.717) is 22.8 Å². The van der Waals surface area contributed by atoms with Crippen LogP contribution in [0.1, 0.15) is 6.42 Å². The van der Waals surface area contributed by atoms with Crippen molar-refractivity contribution in [1.29, 1.82) is 0 Å². The van der Waals surface area contributed by atoms with Crippen LogP contribution in [0.15, 0.2) is 12.5 Å². The van der Waals surface area contributed by atoms with Gasteiger partial charge in [-0.2, -0.15) is 0 Å². The van der Waals surface area contributed by atoms with Gasteiger partial charge in [0.2, 0.25) is 0 Å². The van der Waals surface area contributed by atoms with Gasteiger partial charge >= 0.3 is 0 Å². The van der Waals surface area contributed by atoms with Gasteiger partial charge in [-0.3, -0.25) is 0 Å². The van der Waals surface area contributed by atoms with Crippen molar-refractivity contribution < 1.29 is 9.47 Å². The minimum absolute atomic E-state index is 0.0420. The lowest BCUT2D eigenvalue weighted by Crippen LogP contribution is -2.19. The van der Waals surface area contributed by atoms with Gasteiger partial charge in [0.15, 0.2) is 0 Å². The zero-order valence-corrected chi connectivity index (χ0v) is 11.7. The van der Waals surface area contributed by atoms with Crippen LogP contribution in [0.3, 0.4) is 0 Å². The predicted molar refractivity (Wildman–Crippen MR) is 74.2 cm³/mol. The number of halogens is 1. The molecule has 2 N–H and O–H groups in total. The molecular formula is C12H17ClN4O2. The maximum absolute atomic E-state index is 6.16. The van der Waals surface area contributed by atoms with Crippen LogP contribution >= 0.6 is 11.6 Å². The fourth-order valence-corrected chi connectivity index (χ4v) is 2.31. The summed E-state index contributed by atoms with van der Waals surface area (Å²) >= 11 is 6.16. The van der Waals surface area contributed by atoms with E-state index in [1.54, 1.807) is 14.2 Å². The number of nitrogens with zero attached hydrogens (tertiary/aromatic N) is 3. The molecular weight excluding hydrogens is 268 g/mol. The number of rotatable bonds is 6. The van der Waals surface area contributed by atoms with Crippen molar-refractivity contribution in [3.05, 3.63) is 17.5 Å². The van der Waals surface area contributed by atoms with Gasteiger partial charge in [-0.05, 0) is 6.42 Å². The molecule has 0 aromatic carbocycles. The average Bonchev–Trinajstić information content (AvgIpc) is 2.73. The molecule has 0 fully saturated rings. The van der Waals surface area contributed by atoms with Crippen LogP contribution in [0.25, 0.3) is 11.0 Å². The monoisotopic (exact) mass is 284 g/mol. The largest absolute Gasteiger partial charge is 0.383 e. The first kappa shape index (κ1) is 14.0. The van der Waals surface area contributed by atoms with E-state index < -0.39 is 0 Å². The van der Waals surface area contributed by atoms with Gasteiger partial charge in [-0.15, -0.1) is 0 Å². The molecule has 1 unspecified atom stereocenters. The van der Waals surface area contributed by atoms with E-state index in [2.05, 4.69) is 9.97 Å². The highest BCUT2D eigenvalue weighted by atomic mass is 35.5. The fourth-order valence-electron chi connectivity index (χ4n) is 2.01. The second-order valence-corrected chi connectivity index (χ2v) is 4.64. The maximum atomic E-state index is 6.16. The number of hydrogen-bond donors (Lipinski definition) is 1. The molecule has 0 saturated carbocycles. The lowest BCUT2D eigenvalue weighted by atomic mass is 10.2. The molecule has 0 amide bonds. The Morgan fingerprint density at radius 1 is 1.42 bits per heavy atom. The number of aryl methyl sites for hydroxylation is 1. The second kappa shape index (κ2) is 6.18. The lowest BCUT2D eigenvalue weighted by molar-refractivity contribution is 0.0212. The quantitative estimate of drug-likeness (QED) is 0.874. The molecule has 2 heterocycles. The zero-order chi connectivity index (χ0) is 13.8. The van der Waals surface area contributed by atoms with Crippen LogP contribution in [-0.2, 0) is 16.0 Å². The summed E-state index contributed by atoms with van der Waals surface area (Å²) in [4.78, 5) is 8.17. The second-order valence-electron chi connectivity index (χ2n) is 4.23. The third-order valence-electron chi connectivity index (χ3n) is 3.01. The summed E-state index contributed by atoms with van der Waals surface area (Å²) in [6.07, 6.45) is 4.10. The summed E-state index contributed by atoms with van der Waals surface area (Å²) in [5.41, 5.74) is 6.55. The standard InChI is InChI=1S/C12H17ClN4O2/c1-18-6-8(19-2)3-4-17-5-9(13)10-11(14)15-7-16-12(10)17/h5,7-8H,3-4,6H2,1-2H3,(H2,14,15,16). The molecule has 2 aromatic rings. The molecule has 2 rings (SSSR count). The number of hydrogen-bond acceptors (Lipinski definition) is 5.